The Morgan fingerprint density at radius 3 is 2.47 bits per heavy atom. The van der Waals surface area contributed by atoms with Crippen LogP contribution in [0.25, 0.3) is 5.57 Å². The van der Waals surface area contributed by atoms with Crippen LogP contribution in [0.4, 0.5) is 0 Å². The number of aliphatic hydroxyl groups excluding tert-OH is 1. The van der Waals surface area contributed by atoms with E-state index in [0.29, 0.717) is 0 Å². The molecule has 2 nitrogen and oxygen atoms in total. The fourth-order valence-corrected chi connectivity index (χ4v) is 2.14. The normalized spacial score (nSPS) is 17.3. The van der Waals surface area contributed by atoms with Gasteiger partial charge in [0.1, 0.15) is 0 Å². The first-order valence-electron chi connectivity index (χ1n) is 6.10. The highest BCUT2D eigenvalue weighted by atomic mass is 16.3. The third kappa shape index (κ3) is 3.29. The van der Waals surface area contributed by atoms with Gasteiger partial charge in [-0.15, -0.1) is 0 Å². The van der Waals surface area contributed by atoms with Crippen LogP contribution in [-0.2, 0) is 0 Å². The summed E-state index contributed by atoms with van der Waals surface area (Å²) in [5.41, 5.74) is 9.76. The van der Waals surface area contributed by atoms with E-state index in [-0.39, 0.29) is 12.6 Å². The molecule has 0 saturated carbocycles. The molecule has 0 aliphatic heterocycles. The van der Waals surface area contributed by atoms with E-state index in [1.54, 1.807) is 0 Å². The summed E-state index contributed by atoms with van der Waals surface area (Å²) in [6.45, 7) is 0.0621. The molecule has 0 radical (unpaired) electrons. The molecule has 1 aromatic carbocycles. The van der Waals surface area contributed by atoms with E-state index < -0.39 is 0 Å². The monoisotopic (exact) mass is 229 g/mol. The molecule has 0 aromatic heterocycles. The van der Waals surface area contributed by atoms with Crippen LogP contribution in [-0.4, -0.2) is 17.8 Å². The average Bonchev–Trinajstić information content (AvgIpc) is 2.40. The summed E-state index contributed by atoms with van der Waals surface area (Å²) in [6, 6.07) is 10.3. The highest BCUT2D eigenvalue weighted by Crippen LogP contribution is 2.28. The second kappa shape index (κ2) is 5.80. The number of nitrogens with two attached hydrogens (primary N) is 1. The Labute approximate surface area is 102 Å². The molecule has 0 amide bonds. The zero-order valence-corrected chi connectivity index (χ0v) is 9.97. The van der Waals surface area contributed by atoms with Gasteiger partial charge in [-0.25, -0.2) is 0 Å². The molecular weight excluding hydrogens is 210 g/mol. The summed E-state index contributed by atoms with van der Waals surface area (Å²) >= 11 is 0. The Morgan fingerprint density at radius 1 is 1.12 bits per heavy atom. The van der Waals surface area contributed by atoms with Crippen molar-refractivity contribution in [2.45, 2.75) is 25.3 Å². The van der Waals surface area contributed by atoms with Crippen LogP contribution in [0, 0.1) is 0 Å². The first kappa shape index (κ1) is 12.1. The van der Waals surface area contributed by atoms with Gasteiger partial charge in [-0.05, 0) is 30.4 Å². The van der Waals surface area contributed by atoms with E-state index in [9.17, 15) is 0 Å². The molecule has 0 heterocycles. The lowest BCUT2D eigenvalue weighted by molar-refractivity contribution is 0.264. The molecule has 0 spiro atoms. The summed E-state index contributed by atoms with van der Waals surface area (Å²) in [4.78, 5) is 0. The molecule has 2 heteroatoms. The second-order valence-electron chi connectivity index (χ2n) is 4.53. The second-order valence-corrected chi connectivity index (χ2v) is 4.53. The molecule has 1 aliphatic carbocycles. The van der Waals surface area contributed by atoms with Gasteiger partial charge in [-0.2, -0.15) is 0 Å². The minimum atomic E-state index is -0.118. The van der Waals surface area contributed by atoms with E-state index in [1.165, 1.54) is 16.7 Å². The Balaban J connectivity index is 2.05. The molecule has 1 atom stereocenters. The van der Waals surface area contributed by atoms with Crippen molar-refractivity contribution in [3.05, 3.63) is 53.6 Å². The molecule has 2 rings (SSSR count). The minimum Gasteiger partial charge on any atom is -0.395 e. The van der Waals surface area contributed by atoms with E-state index in [2.05, 4.69) is 36.4 Å². The summed E-state index contributed by atoms with van der Waals surface area (Å²) in [6.07, 6.45) is 7.25. The molecule has 1 aromatic rings. The van der Waals surface area contributed by atoms with Crippen molar-refractivity contribution in [1.82, 2.24) is 0 Å². The zero-order chi connectivity index (χ0) is 12.1. The van der Waals surface area contributed by atoms with Gasteiger partial charge in [-0.1, -0.05) is 48.1 Å². The highest BCUT2D eigenvalue weighted by molar-refractivity contribution is 5.68. The van der Waals surface area contributed by atoms with Crippen LogP contribution >= 0.6 is 0 Å². The maximum atomic E-state index is 8.93. The lowest BCUT2D eigenvalue weighted by Crippen LogP contribution is -2.24. The number of allylic oxidation sites excluding steroid dienone is 3. The van der Waals surface area contributed by atoms with E-state index in [4.69, 9.17) is 10.8 Å². The van der Waals surface area contributed by atoms with Gasteiger partial charge in [0, 0.05) is 6.04 Å². The number of aliphatic hydroxyl groups is 1. The lowest BCUT2D eigenvalue weighted by atomic mass is 9.91. The number of benzene rings is 1. The summed E-state index contributed by atoms with van der Waals surface area (Å²) < 4.78 is 0. The summed E-state index contributed by atoms with van der Waals surface area (Å²) in [7, 11) is 0. The van der Waals surface area contributed by atoms with Crippen LogP contribution in [0.5, 0.6) is 0 Å². The predicted molar refractivity (Wildman–Crippen MR) is 71.4 cm³/mol. The number of hydrogen-bond acceptors (Lipinski definition) is 2. The van der Waals surface area contributed by atoms with Gasteiger partial charge >= 0.3 is 0 Å². The van der Waals surface area contributed by atoms with Crippen molar-refractivity contribution in [2.75, 3.05) is 6.61 Å². The maximum Gasteiger partial charge on any atom is 0.0585 e. The van der Waals surface area contributed by atoms with Crippen LogP contribution in [0.1, 0.15) is 24.8 Å². The van der Waals surface area contributed by atoms with E-state index in [0.717, 1.165) is 19.3 Å². The van der Waals surface area contributed by atoms with Crippen molar-refractivity contribution >= 4 is 5.57 Å². The van der Waals surface area contributed by atoms with E-state index in [1.807, 2.05) is 6.07 Å². The quantitative estimate of drug-likeness (QED) is 0.833. The van der Waals surface area contributed by atoms with Crippen molar-refractivity contribution < 1.29 is 5.11 Å². The Kier molecular flexibility index (Phi) is 4.13. The van der Waals surface area contributed by atoms with Gasteiger partial charge < -0.3 is 10.8 Å². The summed E-state index contributed by atoms with van der Waals surface area (Å²) in [5, 5.41) is 8.93. The van der Waals surface area contributed by atoms with Gasteiger partial charge in [0.2, 0.25) is 0 Å². The molecular formula is C15H19NO. The van der Waals surface area contributed by atoms with Gasteiger partial charge in [0.25, 0.3) is 0 Å². The Hall–Kier alpha value is -1.38. The zero-order valence-electron chi connectivity index (χ0n) is 9.97. The van der Waals surface area contributed by atoms with Crippen molar-refractivity contribution in [3.8, 4) is 0 Å². The van der Waals surface area contributed by atoms with Crippen molar-refractivity contribution in [2.24, 2.45) is 5.73 Å². The molecule has 17 heavy (non-hydrogen) atoms. The fraction of sp³-hybridized carbons (Fsp3) is 0.333. The van der Waals surface area contributed by atoms with Crippen molar-refractivity contribution in [1.29, 1.82) is 0 Å². The standard InChI is InChI=1S/C15H19NO/c16-15(11-17)10-12-6-8-14(9-7-12)13-4-2-1-3-5-13/h1-6,8,15,17H,7,9-11,16H2. The molecule has 1 unspecified atom stereocenters. The Bertz CT molecular complexity index is 420. The average molecular weight is 229 g/mol. The molecule has 0 fully saturated rings. The molecule has 1 aliphatic rings. The molecule has 90 valence electrons. The first-order chi connectivity index (χ1) is 8.29. The van der Waals surface area contributed by atoms with E-state index >= 15 is 0 Å². The number of rotatable bonds is 4. The molecule has 0 saturated heterocycles. The molecule has 0 bridgehead atoms. The topological polar surface area (TPSA) is 46.2 Å². The third-order valence-corrected chi connectivity index (χ3v) is 3.14. The van der Waals surface area contributed by atoms with Crippen molar-refractivity contribution in [3.63, 3.8) is 0 Å². The first-order valence-corrected chi connectivity index (χ1v) is 6.10. The SMILES string of the molecule is NC(CO)CC1=CC=C(c2ccccc2)CC1. The Morgan fingerprint density at radius 2 is 1.88 bits per heavy atom. The summed E-state index contributed by atoms with van der Waals surface area (Å²) in [5.74, 6) is 0. The maximum absolute atomic E-state index is 8.93. The lowest BCUT2D eigenvalue weighted by Gasteiger charge is -2.17. The predicted octanol–water partition coefficient (Wildman–Crippen LogP) is 2.50. The van der Waals surface area contributed by atoms with Crippen LogP contribution in [0.2, 0.25) is 0 Å². The van der Waals surface area contributed by atoms with Gasteiger partial charge in [0.05, 0.1) is 6.61 Å². The largest absolute Gasteiger partial charge is 0.395 e. The van der Waals surface area contributed by atoms with Crippen LogP contribution in [0.15, 0.2) is 48.1 Å². The number of hydrogen-bond donors (Lipinski definition) is 2. The third-order valence-electron chi connectivity index (χ3n) is 3.14. The fourth-order valence-electron chi connectivity index (χ4n) is 2.14. The van der Waals surface area contributed by atoms with Crippen LogP contribution < -0.4 is 5.73 Å². The smallest absolute Gasteiger partial charge is 0.0585 e. The molecule has 3 N–H and O–H groups in total. The van der Waals surface area contributed by atoms with Crippen LogP contribution in [0.3, 0.4) is 0 Å². The van der Waals surface area contributed by atoms with Gasteiger partial charge in [0.15, 0.2) is 0 Å². The van der Waals surface area contributed by atoms with Gasteiger partial charge in [-0.3, -0.25) is 0 Å². The highest BCUT2D eigenvalue weighted by Gasteiger charge is 2.10. The minimum absolute atomic E-state index is 0.0621.